The smallest absolute Gasteiger partial charge is 0.209 e. The molecule has 0 atom stereocenters. The first-order valence-corrected chi connectivity index (χ1v) is 9.66. The maximum atomic E-state index is 10.7. The Kier molecular flexibility index (Phi) is 9.75. The van der Waals surface area contributed by atoms with Crippen molar-refractivity contribution in [3.05, 3.63) is 0 Å². The van der Waals surface area contributed by atoms with Gasteiger partial charge >= 0.3 is 0 Å². The van der Waals surface area contributed by atoms with Gasteiger partial charge in [-0.25, -0.2) is 8.42 Å². The van der Waals surface area contributed by atoms with Gasteiger partial charge in [0.1, 0.15) is 0 Å². The molecule has 0 saturated carbocycles. The summed E-state index contributed by atoms with van der Waals surface area (Å²) in [5.41, 5.74) is 0. The van der Waals surface area contributed by atoms with E-state index < -0.39 is 8.27 Å². The largest absolute Gasteiger partial charge is 0.217 e. The Morgan fingerprint density at radius 3 is 1.64 bits per heavy atom. The van der Waals surface area contributed by atoms with E-state index in [9.17, 15) is 8.42 Å². The van der Waals surface area contributed by atoms with Crippen molar-refractivity contribution in [2.75, 3.05) is 11.1 Å². The Labute approximate surface area is 103 Å². The van der Waals surface area contributed by atoms with Gasteiger partial charge in [-0.15, -0.1) is 0 Å². The molecule has 0 saturated heterocycles. The van der Waals surface area contributed by atoms with E-state index >= 15 is 0 Å². The van der Waals surface area contributed by atoms with Gasteiger partial charge in [-0.05, 0) is 12.8 Å². The lowest BCUT2D eigenvalue weighted by molar-refractivity contribution is 0.589. The highest BCUT2D eigenvalue weighted by molar-refractivity contribution is 9.47. The quantitative estimate of drug-likeness (QED) is 0.360. The van der Waals surface area contributed by atoms with Gasteiger partial charge in [0.15, 0.2) is 0 Å². The highest BCUT2D eigenvalue weighted by atomic mass is 79.9. The Balaban J connectivity index is 3.07. The van der Waals surface area contributed by atoms with Crippen molar-refractivity contribution in [3.63, 3.8) is 0 Å². The van der Waals surface area contributed by atoms with Crippen LogP contribution in [0.25, 0.3) is 0 Å². The van der Waals surface area contributed by atoms with Crippen LogP contribution in [0.3, 0.4) is 0 Å². The van der Waals surface area contributed by atoms with Crippen LogP contribution in [0.2, 0.25) is 0 Å². The Bertz CT molecular complexity index is 215. The lowest BCUT2D eigenvalue weighted by atomic mass is 10.1. The number of rotatable bonds is 9. The summed E-state index contributed by atoms with van der Waals surface area (Å²) in [6.07, 6.45) is 8.00. The summed E-state index contributed by atoms with van der Waals surface area (Å²) < 4.78 is 21.4. The second-order valence-electron chi connectivity index (χ2n) is 3.41. The first-order chi connectivity index (χ1) is 6.56. The molecule has 0 amide bonds. The minimum Gasteiger partial charge on any atom is -0.217 e. The normalized spacial score (nSPS) is 11.9. The van der Waals surface area contributed by atoms with Crippen molar-refractivity contribution in [3.8, 4) is 0 Å². The zero-order valence-electron chi connectivity index (χ0n) is 8.34. The average Bonchev–Trinajstić information content (AvgIpc) is 2.08. The van der Waals surface area contributed by atoms with Crippen molar-refractivity contribution in [2.24, 2.45) is 0 Å². The van der Waals surface area contributed by atoms with Crippen molar-refractivity contribution >= 4 is 39.0 Å². The third-order valence-electron chi connectivity index (χ3n) is 2.02. The molecule has 0 aromatic heterocycles. The highest BCUT2D eigenvalue weighted by Gasteiger charge is 2.02. The van der Waals surface area contributed by atoms with Gasteiger partial charge in [0.05, 0.1) is 20.6 Å². The monoisotopic (exact) mass is 348 g/mol. The van der Waals surface area contributed by atoms with E-state index in [1.54, 1.807) is 0 Å². The fourth-order valence-corrected chi connectivity index (χ4v) is 2.89. The van der Waals surface area contributed by atoms with Crippen molar-refractivity contribution < 1.29 is 8.42 Å². The minimum atomic E-state index is -2.92. The average molecular weight is 350 g/mol. The molecule has 0 spiro atoms. The molecule has 0 radical (unpaired) electrons. The van der Waals surface area contributed by atoms with Gasteiger partial charge in [0, 0.05) is 5.33 Å². The van der Waals surface area contributed by atoms with Crippen LogP contribution in [0.4, 0.5) is 0 Å². The zero-order valence-corrected chi connectivity index (χ0v) is 12.3. The molecule has 14 heavy (non-hydrogen) atoms. The summed E-state index contributed by atoms with van der Waals surface area (Å²) >= 11 is 6.04. The summed E-state index contributed by atoms with van der Waals surface area (Å²) in [5, 5.41) is 1.09. The molecule has 2 nitrogen and oxygen atoms in total. The molecule has 86 valence electrons. The van der Waals surface area contributed by atoms with E-state index in [4.69, 9.17) is 0 Å². The van der Waals surface area contributed by atoms with E-state index in [1.807, 2.05) is 0 Å². The second kappa shape index (κ2) is 9.16. The maximum absolute atomic E-state index is 10.7. The van der Waals surface area contributed by atoms with E-state index in [-0.39, 0.29) is 5.75 Å². The summed E-state index contributed by atoms with van der Waals surface area (Å²) in [6, 6.07) is 0. The van der Waals surface area contributed by atoms with Crippen LogP contribution in [-0.2, 0) is 8.27 Å². The molecule has 0 aliphatic rings. The Hall–Kier alpha value is 0.910. The molecule has 5 heteroatoms. The fraction of sp³-hybridized carbons (Fsp3) is 1.00. The van der Waals surface area contributed by atoms with Gasteiger partial charge < -0.3 is 0 Å². The van der Waals surface area contributed by atoms with Crippen LogP contribution in [0.5, 0.6) is 0 Å². The van der Waals surface area contributed by atoms with Gasteiger partial charge in [-0.1, -0.05) is 48.0 Å². The van der Waals surface area contributed by atoms with Crippen molar-refractivity contribution in [1.29, 1.82) is 0 Å². The van der Waals surface area contributed by atoms with Crippen LogP contribution < -0.4 is 0 Å². The number of hydrogen-bond acceptors (Lipinski definition) is 2. The highest BCUT2D eigenvalue weighted by Crippen LogP contribution is 2.10. The molecule has 0 aliphatic carbocycles. The second-order valence-corrected chi connectivity index (χ2v) is 8.65. The molecule has 0 aromatic rings. The van der Waals surface area contributed by atoms with Gasteiger partial charge in [-0.3, -0.25) is 0 Å². The molecule has 0 unspecified atom stereocenters. The molecule has 0 N–H and O–H groups in total. The summed E-state index contributed by atoms with van der Waals surface area (Å²) in [6.45, 7) is 0. The maximum Gasteiger partial charge on any atom is 0.209 e. The minimum absolute atomic E-state index is 0.272. The molecular weight excluding hydrogens is 332 g/mol. The molecule has 0 aromatic carbocycles. The first kappa shape index (κ1) is 14.9. The van der Waals surface area contributed by atoms with Gasteiger partial charge in [0.2, 0.25) is 8.27 Å². The summed E-state index contributed by atoms with van der Waals surface area (Å²) in [4.78, 5) is 0. The molecule has 0 rings (SSSR count). The number of unbranched alkanes of at least 4 members (excludes halogenated alkanes) is 6. The third kappa shape index (κ3) is 12.9. The van der Waals surface area contributed by atoms with Crippen LogP contribution in [-0.4, -0.2) is 19.5 Å². The van der Waals surface area contributed by atoms with Crippen molar-refractivity contribution in [2.45, 2.75) is 44.9 Å². The topological polar surface area (TPSA) is 34.1 Å². The van der Waals surface area contributed by atoms with Crippen LogP contribution in [0.15, 0.2) is 0 Å². The first-order valence-electron chi connectivity index (χ1n) is 5.04. The molecule has 0 bridgehead atoms. The van der Waals surface area contributed by atoms with Gasteiger partial charge in [-0.2, -0.15) is 0 Å². The number of hydrogen-bond donors (Lipinski definition) is 0. The lowest BCUT2D eigenvalue weighted by Crippen LogP contribution is -1.95. The van der Waals surface area contributed by atoms with Crippen molar-refractivity contribution in [1.82, 2.24) is 0 Å². The van der Waals surface area contributed by atoms with Crippen LogP contribution in [0.1, 0.15) is 44.9 Å². The third-order valence-corrected chi connectivity index (χ3v) is 4.33. The van der Waals surface area contributed by atoms with Gasteiger partial charge in [0.25, 0.3) is 0 Å². The number of alkyl halides is 1. The van der Waals surface area contributed by atoms with E-state index in [1.165, 1.54) is 25.7 Å². The Morgan fingerprint density at radius 2 is 1.21 bits per heavy atom. The van der Waals surface area contributed by atoms with E-state index in [2.05, 4.69) is 30.7 Å². The predicted molar refractivity (Wildman–Crippen MR) is 68.8 cm³/mol. The summed E-state index contributed by atoms with van der Waals surface area (Å²) in [7, 11) is -2.92. The molecule has 0 heterocycles. The fourth-order valence-electron chi connectivity index (χ4n) is 1.25. The lowest BCUT2D eigenvalue weighted by Gasteiger charge is -1.99. The standard InChI is InChI=1S/C9H18Br2O2S/c10-8-6-4-2-1-3-5-7-9-14(11,12)13/h1-9H2. The van der Waals surface area contributed by atoms with E-state index in [0.29, 0.717) is 0 Å². The van der Waals surface area contributed by atoms with Crippen LogP contribution >= 0.6 is 30.7 Å². The Morgan fingerprint density at radius 1 is 0.786 bits per heavy atom. The summed E-state index contributed by atoms with van der Waals surface area (Å²) in [5.74, 6) is 0.272. The zero-order chi connectivity index (χ0) is 10.9. The molecule has 0 aliphatic heterocycles. The SMILES string of the molecule is O=S(=O)(Br)CCCCCCCCCBr. The molecule has 0 fully saturated rings. The van der Waals surface area contributed by atoms with Crippen LogP contribution in [0, 0.1) is 0 Å². The molecular formula is C9H18Br2O2S. The van der Waals surface area contributed by atoms with E-state index in [0.717, 1.165) is 24.6 Å². The number of halogens is 2. The predicted octanol–water partition coefficient (Wildman–Crippen LogP) is 3.84.